The second-order valence-corrected chi connectivity index (χ2v) is 6.17. The van der Waals surface area contributed by atoms with Crippen molar-refractivity contribution in [1.29, 1.82) is 0 Å². The molecule has 2 heterocycles. The van der Waals surface area contributed by atoms with E-state index in [0.29, 0.717) is 32.7 Å². The number of amides is 1. The molecule has 4 nitrogen and oxygen atoms in total. The van der Waals surface area contributed by atoms with E-state index in [-0.39, 0.29) is 5.91 Å². The lowest BCUT2D eigenvalue weighted by atomic mass is 10.1. The molecule has 3 rings (SSSR count). The van der Waals surface area contributed by atoms with Crippen LogP contribution in [0.2, 0.25) is 0 Å². The normalized spacial score (nSPS) is 13.0. The molecular formula is C17H19NO3S. The van der Waals surface area contributed by atoms with E-state index in [1.165, 1.54) is 4.88 Å². The van der Waals surface area contributed by atoms with Gasteiger partial charge in [0.05, 0.1) is 13.0 Å². The summed E-state index contributed by atoms with van der Waals surface area (Å²) in [5, 5.41) is 2.04. The number of thiophene rings is 1. The highest BCUT2D eigenvalue weighted by Crippen LogP contribution is 2.31. The van der Waals surface area contributed by atoms with Crippen LogP contribution in [0.4, 0.5) is 0 Å². The third kappa shape index (κ3) is 3.42. The van der Waals surface area contributed by atoms with E-state index in [1.54, 1.807) is 11.3 Å². The zero-order chi connectivity index (χ0) is 15.4. The lowest BCUT2D eigenvalue weighted by Gasteiger charge is -2.21. The van der Waals surface area contributed by atoms with Crippen LogP contribution < -0.4 is 9.47 Å². The number of carbonyl (C=O) groups excluding carboxylic acids is 1. The minimum atomic E-state index is 0.132. The van der Waals surface area contributed by atoms with Crippen LogP contribution in [0.25, 0.3) is 0 Å². The predicted molar refractivity (Wildman–Crippen MR) is 86.5 cm³/mol. The minimum Gasteiger partial charge on any atom is -0.486 e. The number of likely N-dealkylation sites (N-methyl/N-ethyl adjacent to an activating group) is 1. The van der Waals surface area contributed by atoms with Gasteiger partial charge in [0.2, 0.25) is 5.91 Å². The number of rotatable bonds is 5. The number of hydrogen-bond acceptors (Lipinski definition) is 4. The molecule has 116 valence electrons. The molecule has 0 saturated heterocycles. The fourth-order valence-corrected chi connectivity index (χ4v) is 3.17. The first kappa shape index (κ1) is 14.9. The fraction of sp³-hybridized carbons (Fsp3) is 0.353. The maximum Gasteiger partial charge on any atom is 0.227 e. The molecule has 5 heteroatoms. The first-order chi connectivity index (χ1) is 10.8. The molecule has 2 aromatic rings. The molecule has 1 aromatic carbocycles. The van der Waals surface area contributed by atoms with Gasteiger partial charge in [-0.05, 0) is 36.1 Å². The maximum atomic E-state index is 12.5. The number of carbonyl (C=O) groups is 1. The zero-order valence-electron chi connectivity index (χ0n) is 12.6. The summed E-state index contributed by atoms with van der Waals surface area (Å²) in [7, 11) is 0. The first-order valence-electron chi connectivity index (χ1n) is 7.45. The van der Waals surface area contributed by atoms with Gasteiger partial charge >= 0.3 is 0 Å². The van der Waals surface area contributed by atoms with Crippen molar-refractivity contribution in [3.63, 3.8) is 0 Å². The number of ether oxygens (including phenoxy) is 2. The summed E-state index contributed by atoms with van der Waals surface area (Å²) in [5.74, 6) is 1.62. The van der Waals surface area contributed by atoms with E-state index in [9.17, 15) is 4.79 Å². The van der Waals surface area contributed by atoms with Gasteiger partial charge in [0, 0.05) is 11.4 Å². The van der Waals surface area contributed by atoms with Crippen molar-refractivity contribution in [3.05, 3.63) is 46.2 Å². The van der Waals surface area contributed by atoms with Gasteiger partial charge in [-0.15, -0.1) is 11.3 Å². The number of benzene rings is 1. The third-order valence-electron chi connectivity index (χ3n) is 3.62. The molecule has 1 aliphatic heterocycles. The van der Waals surface area contributed by atoms with Crippen LogP contribution in [-0.4, -0.2) is 30.6 Å². The maximum absolute atomic E-state index is 12.5. The fourth-order valence-electron chi connectivity index (χ4n) is 2.45. The highest BCUT2D eigenvalue weighted by atomic mass is 32.1. The Kier molecular flexibility index (Phi) is 4.63. The molecule has 0 radical (unpaired) electrons. The highest BCUT2D eigenvalue weighted by Gasteiger charge is 2.16. The van der Waals surface area contributed by atoms with E-state index in [2.05, 4.69) is 6.07 Å². The van der Waals surface area contributed by atoms with E-state index in [4.69, 9.17) is 9.47 Å². The molecule has 1 amide bonds. The Morgan fingerprint density at radius 2 is 2.05 bits per heavy atom. The molecule has 1 aliphatic rings. The van der Waals surface area contributed by atoms with Crippen LogP contribution in [0.5, 0.6) is 11.5 Å². The predicted octanol–water partition coefficient (Wildman–Crippen LogP) is 3.11. The Morgan fingerprint density at radius 3 is 2.77 bits per heavy atom. The van der Waals surface area contributed by atoms with Crippen molar-refractivity contribution >= 4 is 17.2 Å². The third-order valence-corrected chi connectivity index (χ3v) is 4.48. The molecule has 0 saturated carbocycles. The molecule has 0 unspecified atom stereocenters. The van der Waals surface area contributed by atoms with E-state index < -0.39 is 0 Å². The Bertz CT molecular complexity index is 639. The molecule has 0 aliphatic carbocycles. The summed E-state index contributed by atoms with van der Waals surface area (Å²) >= 11 is 1.68. The van der Waals surface area contributed by atoms with Crippen molar-refractivity contribution < 1.29 is 14.3 Å². The zero-order valence-corrected chi connectivity index (χ0v) is 13.4. The summed E-state index contributed by atoms with van der Waals surface area (Å²) in [5.41, 5.74) is 0.957. The quantitative estimate of drug-likeness (QED) is 0.850. The van der Waals surface area contributed by atoms with Crippen molar-refractivity contribution in [2.45, 2.75) is 19.9 Å². The lowest BCUT2D eigenvalue weighted by molar-refractivity contribution is -0.130. The van der Waals surface area contributed by atoms with Gasteiger partial charge < -0.3 is 14.4 Å². The van der Waals surface area contributed by atoms with Crippen LogP contribution in [-0.2, 0) is 17.8 Å². The van der Waals surface area contributed by atoms with Gasteiger partial charge in [-0.25, -0.2) is 0 Å². The lowest BCUT2D eigenvalue weighted by Crippen LogP contribution is -2.31. The van der Waals surface area contributed by atoms with Crippen LogP contribution in [0.3, 0.4) is 0 Å². The van der Waals surface area contributed by atoms with Gasteiger partial charge in [-0.1, -0.05) is 12.1 Å². The number of hydrogen-bond donors (Lipinski definition) is 0. The van der Waals surface area contributed by atoms with E-state index >= 15 is 0 Å². The Labute approximate surface area is 134 Å². The Hall–Kier alpha value is -2.01. The van der Waals surface area contributed by atoms with Gasteiger partial charge in [-0.2, -0.15) is 0 Å². The Balaban J connectivity index is 1.67. The van der Waals surface area contributed by atoms with E-state index in [0.717, 1.165) is 17.1 Å². The largest absolute Gasteiger partial charge is 0.486 e. The molecule has 22 heavy (non-hydrogen) atoms. The molecule has 0 N–H and O–H groups in total. The summed E-state index contributed by atoms with van der Waals surface area (Å²) in [4.78, 5) is 15.6. The summed E-state index contributed by atoms with van der Waals surface area (Å²) in [6.45, 7) is 4.54. The van der Waals surface area contributed by atoms with Crippen LogP contribution in [0, 0.1) is 0 Å². The molecule has 1 aromatic heterocycles. The van der Waals surface area contributed by atoms with Crippen LogP contribution in [0.1, 0.15) is 17.4 Å². The van der Waals surface area contributed by atoms with Gasteiger partial charge in [0.15, 0.2) is 11.5 Å². The van der Waals surface area contributed by atoms with Gasteiger partial charge in [-0.3, -0.25) is 4.79 Å². The topological polar surface area (TPSA) is 38.8 Å². The standard InChI is InChI=1S/C17H19NO3S/c1-2-18(12-14-4-3-9-22-14)17(19)11-13-5-6-15-16(10-13)21-8-7-20-15/h3-6,9-10H,2,7-8,11-12H2,1H3. The summed E-state index contributed by atoms with van der Waals surface area (Å²) < 4.78 is 11.1. The first-order valence-corrected chi connectivity index (χ1v) is 8.33. The number of fused-ring (bicyclic) bond motifs is 1. The van der Waals surface area contributed by atoms with Crippen LogP contribution >= 0.6 is 11.3 Å². The highest BCUT2D eigenvalue weighted by molar-refractivity contribution is 7.09. The summed E-state index contributed by atoms with van der Waals surface area (Å²) in [6.07, 6.45) is 0.385. The van der Waals surface area contributed by atoms with E-state index in [1.807, 2.05) is 41.5 Å². The minimum absolute atomic E-state index is 0.132. The van der Waals surface area contributed by atoms with Crippen molar-refractivity contribution in [3.8, 4) is 11.5 Å². The van der Waals surface area contributed by atoms with Gasteiger partial charge in [0.25, 0.3) is 0 Å². The second kappa shape index (κ2) is 6.83. The monoisotopic (exact) mass is 317 g/mol. The molecule has 0 fully saturated rings. The summed E-state index contributed by atoms with van der Waals surface area (Å²) in [6, 6.07) is 9.80. The number of nitrogens with zero attached hydrogens (tertiary/aromatic N) is 1. The SMILES string of the molecule is CCN(Cc1cccs1)C(=O)Cc1ccc2c(c1)OCCO2. The Morgan fingerprint density at radius 1 is 1.23 bits per heavy atom. The smallest absolute Gasteiger partial charge is 0.227 e. The van der Waals surface area contributed by atoms with Crippen molar-refractivity contribution in [1.82, 2.24) is 4.90 Å². The average molecular weight is 317 g/mol. The van der Waals surface area contributed by atoms with Crippen molar-refractivity contribution in [2.24, 2.45) is 0 Å². The van der Waals surface area contributed by atoms with Crippen molar-refractivity contribution in [2.75, 3.05) is 19.8 Å². The molecule has 0 spiro atoms. The molecule has 0 bridgehead atoms. The van der Waals surface area contributed by atoms with Gasteiger partial charge in [0.1, 0.15) is 13.2 Å². The second-order valence-electron chi connectivity index (χ2n) is 5.14. The molecule has 0 atom stereocenters. The average Bonchev–Trinajstić information content (AvgIpc) is 3.05. The molecular weight excluding hydrogens is 298 g/mol. The van der Waals surface area contributed by atoms with Crippen LogP contribution in [0.15, 0.2) is 35.7 Å².